The number of ketones is 1. The van der Waals surface area contributed by atoms with Crippen LogP contribution in [0.15, 0.2) is 48.5 Å². The standard InChI is InChI=1S/C16H14N2O/c1-12(19)15-8-4-5-9-16(15)18-11-14-7-3-2-6-13(14)10-17/h2-9,18H,11H2,1H3. The van der Waals surface area contributed by atoms with Gasteiger partial charge >= 0.3 is 0 Å². The molecule has 3 heteroatoms. The number of nitrogens with one attached hydrogen (secondary N) is 1. The van der Waals surface area contributed by atoms with E-state index in [4.69, 9.17) is 5.26 Å². The van der Waals surface area contributed by atoms with E-state index in [1.165, 1.54) is 0 Å². The summed E-state index contributed by atoms with van der Waals surface area (Å²) < 4.78 is 0. The van der Waals surface area contributed by atoms with Crippen molar-refractivity contribution in [1.82, 2.24) is 0 Å². The second-order valence-electron chi connectivity index (χ2n) is 4.22. The van der Waals surface area contributed by atoms with Crippen LogP contribution in [0.2, 0.25) is 0 Å². The first-order chi connectivity index (χ1) is 9.22. The van der Waals surface area contributed by atoms with Crippen molar-refractivity contribution in [2.45, 2.75) is 13.5 Å². The van der Waals surface area contributed by atoms with Gasteiger partial charge in [-0.2, -0.15) is 5.26 Å². The van der Waals surface area contributed by atoms with Crippen molar-refractivity contribution in [3.8, 4) is 6.07 Å². The molecular formula is C16H14N2O. The maximum Gasteiger partial charge on any atom is 0.161 e. The van der Waals surface area contributed by atoms with Gasteiger partial charge in [-0.05, 0) is 30.7 Å². The lowest BCUT2D eigenvalue weighted by Gasteiger charge is -2.10. The Morgan fingerprint density at radius 3 is 2.58 bits per heavy atom. The summed E-state index contributed by atoms with van der Waals surface area (Å²) in [6.45, 7) is 2.07. The van der Waals surface area contributed by atoms with Gasteiger partial charge in [-0.1, -0.05) is 30.3 Å². The summed E-state index contributed by atoms with van der Waals surface area (Å²) >= 11 is 0. The number of nitriles is 1. The van der Waals surface area contributed by atoms with Gasteiger partial charge in [0.25, 0.3) is 0 Å². The number of nitrogens with zero attached hydrogens (tertiary/aromatic N) is 1. The summed E-state index contributed by atoms with van der Waals surface area (Å²) in [7, 11) is 0. The maximum atomic E-state index is 11.5. The molecule has 2 aromatic rings. The van der Waals surface area contributed by atoms with Crippen molar-refractivity contribution >= 4 is 11.5 Å². The number of para-hydroxylation sites is 1. The zero-order chi connectivity index (χ0) is 13.7. The topological polar surface area (TPSA) is 52.9 Å². The van der Waals surface area contributed by atoms with Crippen LogP contribution in [0, 0.1) is 11.3 Å². The van der Waals surface area contributed by atoms with E-state index in [9.17, 15) is 4.79 Å². The van der Waals surface area contributed by atoms with Gasteiger partial charge in [0.1, 0.15) is 0 Å². The molecule has 94 valence electrons. The van der Waals surface area contributed by atoms with E-state index in [0.717, 1.165) is 11.3 Å². The molecule has 0 radical (unpaired) electrons. The third-order valence-corrected chi connectivity index (χ3v) is 2.91. The molecule has 0 atom stereocenters. The highest BCUT2D eigenvalue weighted by Crippen LogP contribution is 2.17. The Balaban J connectivity index is 2.20. The number of Topliss-reactive ketones (excluding diaryl/α,β-unsaturated/α-hetero) is 1. The molecular weight excluding hydrogens is 236 g/mol. The van der Waals surface area contributed by atoms with Gasteiger partial charge in [0.05, 0.1) is 11.6 Å². The van der Waals surface area contributed by atoms with Gasteiger partial charge in [0, 0.05) is 17.8 Å². The molecule has 0 spiro atoms. The lowest BCUT2D eigenvalue weighted by atomic mass is 10.1. The van der Waals surface area contributed by atoms with Crippen molar-refractivity contribution in [3.63, 3.8) is 0 Å². The average Bonchev–Trinajstić information content (AvgIpc) is 2.45. The molecule has 0 unspecified atom stereocenters. The van der Waals surface area contributed by atoms with Crippen LogP contribution < -0.4 is 5.32 Å². The average molecular weight is 250 g/mol. The molecule has 3 nitrogen and oxygen atoms in total. The van der Waals surface area contributed by atoms with Crippen LogP contribution in [0.5, 0.6) is 0 Å². The van der Waals surface area contributed by atoms with E-state index in [2.05, 4.69) is 11.4 Å². The molecule has 0 heterocycles. The predicted octanol–water partition coefficient (Wildman–Crippen LogP) is 3.37. The molecule has 0 saturated heterocycles. The van der Waals surface area contributed by atoms with E-state index in [-0.39, 0.29) is 5.78 Å². The molecule has 0 aliphatic heterocycles. The van der Waals surface area contributed by atoms with Crippen LogP contribution in [0.4, 0.5) is 5.69 Å². The normalized spacial score (nSPS) is 9.68. The summed E-state index contributed by atoms with van der Waals surface area (Å²) in [5.74, 6) is 0.0247. The highest BCUT2D eigenvalue weighted by Gasteiger charge is 2.06. The SMILES string of the molecule is CC(=O)c1ccccc1NCc1ccccc1C#N. The fraction of sp³-hybridized carbons (Fsp3) is 0.125. The first kappa shape index (κ1) is 12.8. The van der Waals surface area contributed by atoms with E-state index in [1.807, 2.05) is 36.4 Å². The lowest BCUT2D eigenvalue weighted by molar-refractivity contribution is 0.101. The molecule has 0 aromatic heterocycles. The van der Waals surface area contributed by atoms with Crippen molar-refractivity contribution in [2.24, 2.45) is 0 Å². The second kappa shape index (κ2) is 5.83. The molecule has 0 saturated carbocycles. The molecule has 0 aliphatic rings. The summed E-state index contributed by atoms with van der Waals surface area (Å²) in [6.07, 6.45) is 0. The number of benzene rings is 2. The summed E-state index contributed by atoms with van der Waals surface area (Å²) in [5, 5.41) is 12.2. The summed E-state index contributed by atoms with van der Waals surface area (Å²) in [5.41, 5.74) is 3.03. The number of carbonyl (C=O) groups excluding carboxylic acids is 1. The van der Waals surface area contributed by atoms with Crippen LogP contribution in [0.25, 0.3) is 0 Å². The quantitative estimate of drug-likeness (QED) is 0.846. The largest absolute Gasteiger partial charge is 0.380 e. The third-order valence-electron chi connectivity index (χ3n) is 2.91. The highest BCUT2D eigenvalue weighted by molar-refractivity contribution is 5.99. The Bertz CT molecular complexity index is 641. The van der Waals surface area contributed by atoms with Crippen LogP contribution in [-0.2, 0) is 6.54 Å². The van der Waals surface area contributed by atoms with Crippen molar-refractivity contribution in [3.05, 3.63) is 65.2 Å². The Morgan fingerprint density at radius 1 is 1.16 bits per heavy atom. The minimum atomic E-state index is 0.0247. The third kappa shape index (κ3) is 2.99. The number of anilines is 1. The number of rotatable bonds is 4. The van der Waals surface area contributed by atoms with Gasteiger partial charge < -0.3 is 5.32 Å². The van der Waals surface area contributed by atoms with Crippen LogP contribution in [-0.4, -0.2) is 5.78 Å². The maximum absolute atomic E-state index is 11.5. The lowest BCUT2D eigenvalue weighted by Crippen LogP contribution is -2.05. The zero-order valence-corrected chi connectivity index (χ0v) is 10.7. The molecule has 2 aromatic carbocycles. The fourth-order valence-corrected chi connectivity index (χ4v) is 1.92. The van der Waals surface area contributed by atoms with E-state index < -0.39 is 0 Å². The molecule has 1 N–H and O–H groups in total. The van der Waals surface area contributed by atoms with Crippen molar-refractivity contribution in [1.29, 1.82) is 5.26 Å². The smallest absolute Gasteiger partial charge is 0.161 e. The van der Waals surface area contributed by atoms with Gasteiger partial charge in [-0.3, -0.25) is 4.79 Å². The summed E-state index contributed by atoms with van der Waals surface area (Å²) in [4.78, 5) is 11.5. The Labute approximate surface area is 112 Å². The molecule has 0 fully saturated rings. The van der Waals surface area contributed by atoms with E-state index in [1.54, 1.807) is 19.1 Å². The zero-order valence-electron chi connectivity index (χ0n) is 10.7. The van der Waals surface area contributed by atoms with E-state index in [0.29, 0.717) is 17.7 Å². The Kier molecular flexibility index (Phi) is 3.94. The van der Waals surface area contributed by atoms with E-state index >= 15 is 0 Å². The first-order valence-corrected chi connectivity index (χ1v) is 6.04. The fourth-order valence-electron chi connectivity index (χ4n) is 1.92. The van der Waals surface area contributed by atoms with Gasteiger partial charge in [-0.15, -0.1) is 0 Å². The van der Waals surface area contributed by atoms with Crippen molar-refractivity contribution in [2.75, 3.05) is 5.32 Å². The Morgan fingerprint density at radius 2 is 1.84 bits per heavy atom. The number of hydrogen-bond donors (Lipinski definition) is 1. The van der Waals surface area contributed by atoms with Gasteiger partial charge in [0.15, 0.2) is 5.78 Å². The van der Waals surface area contributed by atoms with Crippen LogP contribution in [0.1, 0.15) is 28.4 Å². The first-order valence-electron chi connectivity index (χ1n) is 6.04. The monoisotopic (exact) mass is 250 g/mol. The van der Waals surface area contributed by atoms with Crippen molar-refractivity contribution < 1.29 is 4.79 Å². The number of hydrogen-bond acceptors (Lipinski definition) is 3. The summed E-state index contributed by atoms with van der Waals surface area (Å²) in [6, 6.07) is 17.0. The minimum absolute atomic E-state index is 0.0247. The Hall–Kier alpha value is -2.60. The van der Waals surface area contributed by atoms with Gasteiger partial charge in [-0.25, -0.2) is 0 Å². The number of carbonyl (C=O) groups is 1. The van der Waals surface area contributed by atoms with Gasteiger partial charge in [0.2, 0.25) is 0 Å². The highest BCUT2D eigenvalue weighted by atomic mass is 16.1. The second-order valence-corrected chi connectivity index (χ2v) is 4.22. The minimum Gasteiger partial charge on any atom is -0.380 e. The molecule has 0 bridgehead atoms. The molecule has 2 rings (SSSR count). The molecule has 0 amide bonds. The van der Waals surface area contributed by atoms with Crippen LogP contribution in [0.3, 0.4) is 0 Å². The van der Waals surface area contributed by atoms with Crippen LogP contribution >= 0.6 is 0 Å². The molecule has 0 aliphatic carbocycles. The molecule has 19 heavy (non-hydrogen) atoms. The predicted molar refractivity (Wildman–Crippen MR) is 74.9 cm³/mol.